The molecule has 0 spiro atoms. The van der Waals surface area contributed by atoms with Gasteiger partial charge < -0.3 is 4.90 Å². The van der Waals surface area contributed by atoms with Crippen molar-refractivity contribution in [2.75, 3.05) is 18.1 Å². The molecule has 178 valence electrons. The summed E-state index contributed by atoms with van der Waals surface area (Å²) in [5.74, 6) is -0.289. The number of sulfonamides is 1. The Morgan fingerprint density at radius 1 is 0.879 bits per heavy atom. The molecule has 0 N–H and O–H groups in total. The SMILES string of the molecule is O=C(CN(Cc1ccccc1)S(=O)(=O)c1ccccc1)N(C1CCCC1)C1CCS(=O)(=O)C1. The molecule has 2 aromatic rings. The number of carbonyl (C=O) groups is 1. The van der Waals surface area contributed by atoms with Crippen LogP contribution in [0.2, 0.25) is 0 Å². The zero-order valence-electron chi connectivity index (χ0n) is 18.5. The Morgan fingerprint density at radius 2 is 1.48 bits per heavy atom. The van der Waals surface area contributed by atoms with E-state index in [0.29, 0.717) is 6.42 Å². The molecular weight excluding hydrogens is 460 g/mol. The molecule has 1 aliphatic carbocycles. The van der Waals surface area contributed by atoms with Gasteiger partial charge in [0.1, 0.15) is 0 Å². The third kappa shape index (κ3) is 5.65. The monoisotopic (exact) mass is 490 g/mol. The Balaban J connectivity index is 1.64. The number of nitrogens with zero attached hydrogens (tertiary/aromatic N) is 2. The van der Waals surface area contributed by atoms with Crippen LogP contribution in [0.1, 0.15) is 37.7 Å². The first kappa shape index (κ1) is 23.9. The van der Waals surface area contributed by atoms with Crippen LogP contribution in [0.3, 0.4) is 0 Å². The molecule has 4 rings (SSSR count). The van der Waals surface area contributed by atoms with Crippen molar-refractivity contribution in [3.63, 3.8) is 0 Å². The van der Waals surface area contributed by atoms with E-state index in [1.807, 2.05) is 30.3 Å². The van der Waals surface area contributed by atoms with Gasteiger partial charge in [-0.3, -0.25) is 4.79 Å². The number of sulfone groups is 1. The molecule has 1 atom stereocenters. The quantitative estimate of drug-likeness (QED) is 0.567. The van der Waals surface area contributed by atoms with Crippen molar-refractivity contribution in [2.24, 2.45) is 0 Å². The predicted molar refractivity (Wildman–Crippen MR) is 127 cm³/mol. The van der Waals surface area contributed by atoms with Crippen molar-refractivity contribution in [3.8, 4) is 0 Å². The molecule has 1 amide bonds. The van der Waals surface area contributed by atoms with Gasteiger partial charge in [-0.05, 0) is 37.0 Å². The molecule has 2 aliphatic rings. The van der Waals surface area contributed by atoms with E-state index in [1.54, 1.807) is 23.1 Å². The van der Waals surface area contributed by atoms with E-state index in [0.717, 1.165) is 31.2 Å². The lowest BCUT2D eigenvalue weighted by Gasteiger charge is -2.35. The minimum atomic E-state index is -3.93. The average molecular weight is 491 g/mol. The lowest BCUT2D eigenvalue weighted by atomic mass is 10.1. The molecule has 1 aliphatic heterocycles. The molecule has 1 unspecified atom stereocenters. The molecule has 1 saturated carbocycles. The summed E-state index contributed by atoms with van der Waals surface area (Å²) in [5.41, 5.74) is 0.778. The van der Waals surface area contributed by atoms with Crippen LogP contribution >= 0.6 is 0 Å². The van der Waals surface area contributed by atoms with Crippen molar-refractivity contribution in [1.29, 1.82) is 0 Å². The highest BCUT2D eigenvalue weighted by atomic mass is 32.2. The Labute approximate surface area is 196 Å². The summed E-state index contributed by atoms with van der Waals surface area (Å²) in [7, 11) is -7.11. The van der Waals surface area contributed by atoms with E-state index < -0.39 is 19.9 Å². The van der Waals surface area contributed by atoms with E-state index in [9.17, 15) is 21.6 Å². The molecule has 7 nitrogen and oxygen atoms in total. The van der Waals surface area contributed by atoms with Crippen LogP contribution in [-0.4, -0.2) is 62.1 Å². The lowest BCUT2D eigenvalue weighted by molar-refractivity contribution is -0.136. The minimum absolute atomic E-state index is 0.0335. The number of carbonyl (C=O) groups excluding carboxylic acids is 1. The summed E-state index contributed by atoms with van der Waals surface area (Å²) in [4.78, 5) is 15.5. The second kappa shape index (κ2) is 9.95. The van der Waals surface area contributed by atoms with Gasteiger partial charge in [0.25, 0.3) is 0 Å². The van der Waals surface area contributed by atoms with E-state index >= 15 is 0 Å². The fourth-order valence-electron chi connectivity index (χ4n) is 4.87. The first-order chi connectivity index (χ1) is 15.8. The van der Waals surface area contributed by atoms with Gasteiger partial charge >= 0.3 is 0 Å². The number of hydrogen-bond acceptors (Lipinski definition) is 5. The minimum Gasteiger partial charge on any atom is -0.335 e. The van der Waals surface area contributed by atoms with Crippen molar-refractivity contribution in [2.45, 2.75) is 55.6 Å². The van der Waals surface area contributed by atoms with Crippen LogP contribution in [0.25, 0.3) is 0 Å². The molecule has 9 heteroatoms. The summed E-state index contributed by atoms with van der Waals surface area (Å²) in [6.07, 6.45) is 4.04. The maximum Gasteiger partial charge on any atom is 0.243 e. The average Bonchev–Trinajstić information content (AvgIpc) is 3.45. The van der Waals surface area contributed by atoms with E-state index in [2.05, 4.69) is 0 Å². The van der Waals surface area contributed by atoms with E-state index in [1.165, 1.54) is 16.4 Å². The third-order valence-corrected chi connectivity index (χ3v) is 10.1. The molecule has 0 aromatic heterocycles. The van der Waals surface area contributed by atoms with E-state index in [-0.39, 0.29) is 47.5 Å². The normalized spacial score (nSPS) is 20.8. The number of amides is 1. The van der Waals surface area contributed by atoms with Crippen LogP contribution in [0.15, 0.2) is 65.6 Å². The Kier molecular flexibility index (Phi) is 7.21. The van der Waals surface area contributed by atoms with Crippen molar-refractivity contribution >= 4 is 25.8 Å². The third-order valence-electron chi connectivity index (χ3n) is 6.50. The maximum absolute atomic E-state index is 13.6. The summed E-state index contributed by atoms with van der Waals surface area (Å²) in [5, 5.41) is 0. The Hall–Kier alpha value is -2.23. The summed E-state index contributed by atoms with van der Waals surface area (Å²) in [6.45, 7) is -0.259. The lowest BCUT2D eigenvalue weighted by Crippen LogP contribution is -2.51. The topological polar surface area (TPSA) is 91.8 Å². The second-order valence-electron chi connectivity index (χ2n) is 8.87. The van der Waals surface area contributed by atoms with Gasteiger partial charge in [0.2, 0.25) is 15.9 Å². The van der Waals surface area contributed by atoms with Gasteiger partial charge in [-0.25, -0.2) is 16.8 Å². The smallest absolute Gasteiger partial charge is 0.243 e. The van der Waals surface area contributed by atoms with Gasteiger partial charge in [0, 0.05) is 18.6 Å². The molecule has 0 bridgehead atoms. The van der Waals surface area contributed by atoms with Crippen LogP contribution < -0.4 is 0 Å². The Morgan fingerprint density at radius 3 is 2.06 bits per heavy atom. The summed E-state index contributed by atoms with van der Waals surface area (Å²) in [6, 6.07) is 16.9. The first-order valence-electron chi connectivity index (χ1n) is 11.4. The highest BCUT2D eigenvalue weighted by Gasteiger charge is 2.40. The van der Waals surface area contributed by atoms with Crippen LogP contribution in [-0.2, 0) is 31.2 Å². The molecule has 2 fully saturated rings. The zero-order valence-corrected chi connectivity index (χ0v) is 20.2. The van der Waals surface area contributed by atoms with Gasteiger partial charge in [0.05, 0.1) is 22.9 Å². The first-order valence-corrected chi connectivity index (χ1v) is 14.6. The largest absolute Gasteiger partial charge is 0.335 e. The van der Waals surface area contributed by atoms with Gasteiger partial charge in [-0.1, -0.05) is 61.4 Å². The molecular formula is C24H30N2O5S2. The maximum atomic E-state index is 13.6. The Bertz CT molecular complexity index is 1160. The number of benzene rings is 2. The molecule has 2 aromatic carbocycles. The fourth-order valence-corrected chi connectivity index (χ4v) is 7.98. The zero-order chi connectivity index (χ0) is 23.5. The number of rotatable bonds is 8. The van der Waals surface area contributed by atoms with Gasteiger partial charge in [0.15, 0.2) is 9.84 Å². The van der Waals surface area contributed by atoms with Gasteiger partial charge in [-0.2, -0.15) is 4.31 Å². The highest BCUT2D eigenvalue weighted by Crippen LogP contribution is 2.30. The molecule has 1 heterocycles. The van der Waals surface area contributed by atoms with Crippen LogP contribution in [0, 0.1) is 0 Å². The predicted octanol–water partition coefficient (Wildman–Crippen LogP) is 2.84. The van der Waals surface area contributed by atoms with Crippen molar-refractivity contribution < 1.29 is 21.6 Å². The van der Waals surface area contributed by atoms with E-state index in [4.69, 9.17) is 0 Å². The van der Waals surface area contributed by atoms with Crippen molar-refractivity contribution in [3.05, 3.63) is 66.2 Å². The standard InChI is InChI=1S/C24H30N2O5S2/c27-24(26(21-11-7-8-12-21)22-15-16-32(28,29)19-22)18-25(17-20-9-3-1-4-10-20)33(30,31)23-13-5-2-6-14-23/h1-6,9-10,13-14,21-22H,7-8,11-12,15-19H2. The molecule has 0 radical (unpaired) electrons. The summed E-state index contributed by atoms with van der Waals surface area (Å²) >= 11 is 0. The fraction of sp³-hybridized carbons (Fsp3) is 0.458. The van der Waals surface area contributed by atoms with Crippen molar-refractivity contribution in [1.82, 2.24) is 9.21 Å². The summed E-state index contributed by atoms with van der Waals surface area (Å²) < 4.78 is 52.5. The molecule has 33 heavy (non-hydrogen) atoms. The van der Waals surface area contributed by atoms with Crippen LogP contribution in [0.5, 0.6) is 0 Å². The molecule has 1 saturated heterocycles. The number of hydrogen-bond donors (Lipinski definition) is 0. The second-order valence-corrected chi connectivity index (χ2v) is 13.0. The van der Waals surface area contributed by atoms with Gasteiger partial charge in [-0.15, -0.1) is 0 Å². The van der Waals surface area contributed by atoms with Crippen LogP contribution in [0.4, 0.5) is 0 Å². The highest BCUT2D eigenvalue weighted by molar-refractivity contribution is 7.91.